The molecule has 2 heterocycles. The molecule has 5 heteroatoms. The molecule has 2 rings (SSSR count). The Morgan fingerprint density at radius 1 is 1.76 bits per heavy atom. The summed E-state index contributed by atoms with van der Waals surface area (Å²) in [7, 11) is 1.67. The fourth-order valence-electron chi connectivity index (χ4n) is 2.51. The lowest BCUT2D eigenvalue weighted by molar-refractivity contribution is -0.125. The predicted octanol–water partition coefficient (Wildman–Crippen LogP) is 0.490. The van der Waals surface area contributed by atoms with Crippen molar-refractivity contribution in [3.63, 3.8) is 0 Å². The van der Waals surface area contributed by atoms with Crippen LogP contribution in [0.1, 0.15) is 24.6 Å². The fraction of sp³-hybridized carbons (Fsp3) is 0.583. The number of carbonyl (C=O) groups excluding carboxylic acids is 1. The zero-order chi connectivity index (χ0) is 12.3. The van der Waals surface area contributed by atoms with Crippen molar-refractivity contribution in [3.05, 3.63) is 24.2 Å². The molecule has 1 aromatic rings. The van der Waals surface area contributed by atoms with Gasteiger partial charge in [-0.15, -0.1) is 0 Å². The van der Waals surface area contributed by atoms with E-state index in [1.54, 1.807) is 13.3 Å². The highest BCUT2D eigenvalue weighted by Gasteiger charge is 2.35. The standard InChI is InChI=1S/C12H19N3O2/c1-14-12(16)9-4-2-6-15(9)10(8-13)11-5-3-7-17-11/h3,5,7,9-10H,2,4,6,8,13H2,1H3,(H,14,16). The van der Waals surface area contributed by atoms with Crippen molar-refractivity contribution < 1.29 is 9.21 Å². The molecule has 2 atom stereocenters. The second kappa shape index (κ2) is 5.33. The third kappa shape index (κ3) is 2.35. The first-order chi connectivity index (χ1) is 8.27. The van der Waals surface area contributed by atoms with Crippen LogP contribution in [0.15, 0.2) is 22.8 Å². The second-order valence-electron chi connectivity index (χ2n) is 4.28. The Hall–Kier alpha value is -1.33. The normalized spacial score (nSPS) is 22.6. The van der Waals surface area contributed by atoms with E-state index in [0.717, 1.165) is 25.1 Å². The van der Waals surface area contributed by atoms with E-state index < -0.39 is 0 Å². The monoisotopic (exact) mass is 237 g/mol. The number of carbonyl (C=O) groups is 1. The molecule has 1 fully saturated rings. The van der Waals surface area contributed by atoms with Crippen LogP contribution < -0.4 is 11.1 Å². The van der Waals surface area contributed by atoms with Crippen LogP contribution in [0.4, 0.5) is 0 Å². The summed E-state index contributed by atoms with van der Waals surface area (Å²) in [5.74, 6) is 0.899. The van der Waals surface area contributed by atoms with E-state index in [-0.39, 0.29) is 18.0 Å². The van der Waals surface area contributed by atoms with Crippen LogP contribution in [0, 0.1) is 0 Å². The molecule has 0 spiro atoms. The number of hydrogen-bond donors (Lipinski definition) is 2. The molecule has 0 aromatic carbocycles. The number of nitrogens with zero attached hydrogens (tertiary/aromatic N) is 1. The SMILES string of the molecule is CNC(=O)C1CCCN1C(CN)c1ccco1. The van der Waals surface area contributed by atoms with E-state index in [1.807, 2.05) is 12.1 Å². The molecule has 94 valence electrons. The number of nitrogens with two attached hydrogens (primary N) is 1. The summed E-state index contributed by atoms with van der Waals surface area (Å²) in [6.45, 7) is 1.35. The number of rotatable bonds is 4. The Morgan fingerprint density at radius 2 is 2.59 bits per heavy atom. The number of likely N-dealkylation sites (N-methyl/N-ethyl adjacent to an activating group) is 1. The fourth-order valence-corrected chi connectivity index (χ4v) is 2.51. The number of furan rings is 1. The lowest BCUT2D eigenvalue weighted by atomic mass is 10.1. The van der Waals surface area contributed by atoms with Gasteiger partial charge >= 0.3 is 0 Å². The minimum atomic E-state index is -0.0846. The molecule has 2 unspecified atom stereocenters. The molecule has 1 aromatic heterocycles. The van der Waals surface area contributed by atoms with Gasteiger partial charge in [-0.25, -0.2) is 0 Å². The number of likely N-dealkylation sites (tertiary alicyclic amines) is 1. The van der Waals surface area contributed by atoms with Crippen LogP contribution in [0.3, 0.4) is 0 Å². The molecule has 0 bridgehead atoms. The number of hydrogen-bond acceptors (Lipinski definition) is 4. The van der Waals surface area contributed by atoms with Gasteiger partial charge in [0.2, 0.25) is 5.91 Å². The molecular formula is C12H19N3O2. The van der Waals surface area contributed by atoms with Crippen molar-refractivity contribution in [2.75, 3.05) is 20.1 Å². The van der Waals surface area contributed by atoms with Gasteiger partial charge in [-0.1, -0.05) is 0 Å². The Balaban J connectivity index is 2.16. The highest BCUT2D eigenvalue weighted by Crippen LogP contribution is 2.29. The summed E-state index contributed by atoms with van der Waals surface area (Å²) >= 11 is 0. The molecule has 0 saturated carbocycles. The van der Waals surface area contributed by atoms with Crippen LogP contribution >= 0.6 is 0 Å². The van der Waals surface area contributed by atoms with Crippen LogP contribution in [-0.2, 0) is 4.79 Å². The van der Waals surface area contributed by atoms with E-state index in [0.29, 0.717) is 6.54 Å². The Bertz CT molecular complexity index is 364. The average molecular weight is 237 g/mol. The highest BCUT2D eigenvalue weighted by atomic mass is 16.3. The summed E-state index contributed by atoms with van der Waals surface area (Å²) in [6, 6.07) is 3.67. The zero-order valence-corrected chi connectivity index (χ0v) is 10.1. The predicted molar refractivity (Wildman–Crippen MR) is 64.3 cm³/mol. The Kier molecular flexibility index (Phi) is 3.81. The van der Waals surface area contributed by atoms with Crippen molar-refractivity contribution in [2.45, 2.75) is 24.9 Å². The molecule has 1 saturated heterocycles. The van der Waals surface area contributed by atoms with Crippen molar-refractivity contribution >= 4 is 5.91 Å². The molecule has 1 aliphatic heterocycles. The smallest absolute Gasteiger partial charge is 0.237 e. The maximum absolute atomic E-state index is 11.8. The van der Waals surface area contributed by atoms with Crippen LogP contribution in [0.5, 0.6) is 0 Å². The summed E-state index contributed by atoms with van der Waals surface area (Å²) < 4.78 is 5.41. The van der Waals surface area contributed by atoms with E-state index in [1.165, 1.54) is 0 Å². The largest absolute Gasteiger partial charge is 0.468 e. The lowest BCUT2D eigenvalue weighted by Gasteiger charge is -2.29. The first-order valence-electron chi connectivity index (χ1n) is 5.98. The van der Waals surface area contributed by atoms with Gasteiger partial charge in [0.05, 0.1) is 18.3 Å². The van der Waals surface area contributed by atoms with Crippen LogP contribution in [-0.4, -0.2) is 37.0 Å². The van der Waals surface area contributed by atoms with Gasteiger partial charge in [0.1, 0.15) is 5.76 Å². The zero-order valence-electron chi connectivity index (χ0n) is 10.1. The summed E-state index contributed by atoms with van der Waals surface area (Å²) in [5, 5.41) is 2.71. The number of nitrogens with one attached hydrogen (secondary N) is 1. The Morgan fingerprint density at radius 3 is 3.18 bits per heavy atom. The molecule has 1 aliphatic rings. The maximum atomic E-state index is 11.8. The van der Waals surface area contributed by atoms with E-state index in [2.05, 4.69) is 10.2 Å². The van der Waals surface area contributed by atoms with Crippen LogP contribution in [0.2, 0.25) is 0 Å². The molecule has 0 aliphatic carbocycles. The molecule has 17 heavy (non-hydrogen) atoms. The van der Waals surface area contributed by atoms with Gasteiger partial charge in [-0.2, -0.15) is 0 Å². The summed E-state index contributed by atoms with van der Waals surface area (Å²) in [6.07, 6.45) is 3.55. The quantitative estimate of drug-likeness (QED) is 0.799. The van der Waals surface area contributed by atoms with Gasteiger partial charge in [0.15, 0.2) is 0 Å². The lowest BCUT2D eigenvalue weighted by Crippen LogP contribution is -2.45. The average Bonchev–Trinajstić information content (AvgIpc) is 3.00. The van der Waals surface area contributed by atoms with E-state index in [9.17, 15) is 4.79 Å². The first-order valence-corrected chi connectivity index (χ1v) is 5.98. The van der Waals surface area contributed by atoms with Gasteiger partial charge in [0, 0.05) is 13.6 Å². The number of amides is 1. The minimum Gasteiger partial charge on any atom is -0.468 e. The summed E-state index contributed by atoms with van der Waals surface area (Å²) in [4.78, 5) is 13.9. The minimum absolute atomic E-state index is 0.00481. The molecule has 1 amide bonds. The third-order valence-corrected chi connectivity index (χ3v) is 3.34. The second-order valence-corrected chi connectivity index (χ2v) is 4.28. The van der Waals surface area contributed by atoms with Crippen molar-refractivity contribution in [2.24, 2.45) is 5.73 Å². The molecule has 5 nitrogen and oxygen atoms in total. The highest BCUT2D eigenvalue weighted by molar-refractivity contribution is 5.81. The molecular weight excluding hydrogens is 218 g/mol. The van der Waals surface area contributed by atoms with Gasteiger partial charge < -0.3 is 15.5 Å². The summed E-state index contributed by atoms with van der Waals surface area (Å²) in [5.41, 5.74) is 5.81. The van der Waals surface area contributed by atoms with Gasteiger partial charge in [-0.3, -0.25) is 9.69 Å². The van der Waals surface area contributed by atoms with Gasteiger partial charge in [0.25, 0.3) is 0 Å². The Labute approximate surface area is 101 Å². The molecule has 0 radical (unpaired) electrons. The topological polar surface area (TPSA) is 71.5 Å². The van der Waals surface area contributed by atoms with Gasteiger partial charge in [-0.05, 0) is 31.5 Å². The van der Waals surface area contributed by atoms with Crippen molar-refractivity contribution in [1.29, 1.82) is 0 Å². The van der Waals surface area contributed by atoms with Crippen LogP contribution in [0.25, 0.3) is 0 Å². The van der Waals surface area contributed by atoms with Crippen molar-refractivity contribution in [3.8, 4) is 0 Å². The third-order valence-electron chi connectivity index (χ3n) is 3.34. The van der Waals surface area contributed by atoms with E-state index in [4.69, 9.17) is 10.2 Å². The maximum Gasteiger partial charge on any atom is 0.237 e. The molecule has 3 N–H and O–H groups in total. The first kappa shape index (κ1) is 12.1. The van der Waals surface area contributed by atoms with E-state index >= 15 is 0 Å². The van der Waals surface area contributed by atoms with Crippen molar-refractivity contribution in [1.82, 2.24) is 10.2 Å².